The van der Waals surface area contributed by atoms with E-state index in [1.165, 1.54) is 5.56 Å². The van der Waals surface area contributed by atoms with Crippen LogP contribution < -0.4 is 11.1 Å². The molecule has 3 unspecified atom stereocenters. The molecule has 0 radical (unpaired) electrons. The molecule has 1 aromatic rings. The summed E-state index contributed by atoms with van der Waals surface area (Å²) in [5.41, 5.74) is 7.15. The number of rotatable bonds is 5. The monoisotopic (exact) mass is 311 g/mol. The number of halogens is 1. The molecule has 2 rings (SSSR count). The summed E-state index contributed by atoms with van der Waals surface area (Å²) >= 11 is 0. The van der Waals surface area contributed by atoms with Gasteiger partial charge in [0.2, 0.25) is 5.91 Å². The molecule has 5 heteroatoms. The molecule has 21 heavy (non-hydrogen) atoms. The average Bonchev–Trinajstić information content (AvgIpc) is 2.81. The van der Waals surface area contributed by atoms with Crippen LogP contribution in [-0.4, -0.2) is 36.5 Å². The molecule has 1 heterocycles. The first-order chi connectivity index (χ1) is 9.63. The van der Waals surface area contributed by atoms with Crippen molar-refractivity contribution >= 4 is 18.3 Å². The van der Waals surface area contributed by atoms with Crippen molar-refractivity contribution in [3.63, 3.8) is 0 Å². The van der Waals surface area contributed by atoms with Gasteiger partial charge in [-0.3, -0.25) is 9.69 Å². The lowest BCUT2D eigenvalue weighted by Gasteiger charge is -2.27. The first kappa shape index (κ1) is 18.0. The topological polar surface area (TPSA) is 58.4 Å². The van der Waals surface area contributed by atoms with Crippen molar-refractivity contribution in [2.24, 2.45) is 5.73 Å². The predicted octanol–water partition coefficient (Wildman–Crippen LogP) is 2.10. The summed E-state index contributed by atoms with van der Waals surface area (Å²) in [6.45, 7) is 3.04. The smallest absolute Gasteiger partial charge is 0.237 e. The maximum atomic E-state index is 12.1. The molecule has 1 aliphatic heterocycles. The van der Waals surface area contributed by atoms with Gasteiger partial charge in [0.25, 0.3) is 0 Å². The number of nitrogens with zero attached hydrogens (tertiary/aromatic N) is 1. The first-order valence-electron chi connectivity index (χ1n) is 7.44. The van der Waals surface area contributed by atoms with E-state index in [2.05, 4.69) is 29.4 Å². The third kappa shape index (κ3) is 4.43. The third-order valence-electron chi connectivity index (χ3n) is 4.05. The van der Waals surface area contributed by atoms with E-state index in [0.717, 1.165) is 25.8 Å². The van der Waals surface area contributed by atoms with Crippen molar-refractivity contribution < 1.29 is 4.79 Å². The normalized spacial score (nSPS) is 23.4. The molecule has 3 atom stereocenters. The van der Waals surface area contributed by atoms with Gasteiger partial charge in [-0.15, -0.1) is 12.4 Å². The highest BCUT2D eigenvalue weighted by atomic mass is 35.5. The molecule has 0 saturated carbocycles. The fraction of sp³-hybridized carbons (Fsp3) is 0.562. The predicted molar refractivity (Wildman–Crippen MR) is 88.5 cm³/mol. The fourth-order valence-corrected chi connectivity index (χ4v) is 2.97. The molecule has 0 bridgehead atoms. The van der Waals surface area contributed by atoms with Crippen LogP contribution in [0.3, 0.4) is 0 Å². The molecule has 1 aliphatic rings. The van der Waals surface area contributed by atoms with Crippen molar-refractivity contribution in [3.05, 3.63) is 35.9 Å². The Bertz CT molecular complexity index is 440. The number of likely N-dealkylation sites (N-methyl/N-ethyl adjacent to an activating group) is 1. The minimum atomic E-state index is -0.387. The molecular weight excluding hydrogens is 286 g/mol. The van der Waals surface area contributed by atoms with E-state index in [0.29, 0.717) is 0 Å². The van der Waals surface area contributed by atoms with Gasteiger partial charge >= 0.3 is 0 Å². The lowest BCUT2D eigenvalue weighted by atomic mass is 9.99. The van der Waals surface area contributed by atoms with E-state index in [9.17, 15) is 4.79 Å². The van der Waals surface area contributed by atoms with Crippen molar-refractivity contribution in [2.75, 3.05) is 13.6 Å². The van der Waals surface area contributed by atoms with Gasteiger partial charge in [0.15, 0.2) is 0 Å². The zero-order chi connectivity index (χ0) is 14.5. The van der Waals surface area contributed by atoms with Crippen LogP contribution in [0.4, 0.5) is 0 Å². The summed E-state index contributed by atoms with van der Waals surface area (Å²) in [6.07, 6.45) is 2.65. The van der Waals surface area contributed by atoms with Crippen LogP contribution >= 0.6 is 12.4 Å². The molecule has 0 aliphatic carbocycles. The summed E-state index contributed by atoms with van der Waals surface area (Å²) in [7, 11) is 2.11. The quantitative estimate of drug-likeness (QED) is 0.875. The van der Waals surface area contributed by atoms with Crippen LogP contribution in [0.2, 0.25) is 0 Å². The number of likely N-dealkylation sites (tertiary alicyclic amines) is 1. The van der Waals surface area contributed by atoms with Crippen LogP contribution in [0.1, 0.15) is 37.8 Å². The molecule has 118 valence electrons. The highest BCUT2D eigenvalue weighted by Gasteiger charge is 2.34. The maximum absolute atomic E-state index is 12.1. The maximum Gasteiger partial charge on any atom is 0.237 e. The Morgan fingerprint density at radius 1 is 1.43 bits per heavy atom. The Labute approximate surface area is 133 Å². The van der Waals surface area contributed by atoms with Gasteiger partial charge in [0, 0.05) is 12.6 Å². The number of benzene rings is 1. The van der Waals surface area contributed by atoms with Crippen LogP contribution in [0, 0.1) is 0 Å². The zero-order valence-electron chi connectivity index (χ0n) is 12.8. The Morgan fingerprint density at radius 2 is 2.10 bits per heavy atom. The first-order valence-corrected chi connectivity index (χ1v) is 7.44. The van der Waals surface area contributed by atoms with E-state index in [1.807, 2.05) is 25.1 Å². The molecule has 4 nitrogen and oxygen atoms in total. The molecule has 0 spiro atoms. The van der Waals surface area contributed by atoms with Crippen molar-refractivity contribution in [2.45, 2.75) is 44.3 Å². The number of hydrogen-bond donors (Lipinski definition) is 2. The fourth-order valence-electron chi connectivity index (χ4n) is 2.97. The van der Waals surface area contributed by atoms with Crippen molar-refractivity contribution in [3.8, 4) is 0 Å². The van der Waals surface area contributed by atoms with E-state index >= 15 is 0 Å². The summed E-state index contributed by atoms with van der Waals surface area (Å²) in [6, 6.07) is 10.4. The standard InChI is InChI=1S/C16H25N3O.ClH/c1-3-7-13(17)16(20)18-14-10-11-19(2)15(14)12-8-5-4-6-9-12;/h4-6,8-9,13-15H,3,7,10-11,17H2,1-2H3,(H,18,20);1H. The Morgan fingerprint density at radius 3 is 2.71 bits per heavy atom. The van der Waals surface area contributed by atoms with Gasteiger partial charge in [-0.05, 0) is 25.5 Å². The molecule has 1 fully saturated rings. The van der Waals surface area contributed by atoms with Gasteiger partial charge in [-0.2, -0.15) is 0 Å². The SMILES string of the molecule is CCCC(N)C(=O)NC1CCN(C)C1c1ccccc1.Cl. The second kappa shape index (κ2) is 8.37. The van der Waals surface area contributed by atoms with E-state index in [-0.39, 0.29) is 36.4 Å². The van der Waals surface area contributed by atoms with Crippen LogP contribution in [0.15, 0.2) is 30.3 Å². The molecular formula is C16H26ClN3O. The van der Waals surface area contributed by atoms with E-state index in [4.69, 9.17) is 5.73 Å². The summed E-state index contributed by atoms with van der Waals surface area (Å²) in [5.74, 6) is -0.0203. The minimum absolute atomic E-state index is 0. The Balaban J connectivity index is 0.00000220. The lowest BCUT2D eigenvalue weighted by molar-refractivity contribution is -0.123. The molecule has 1 aromatic carbocycles. The third-order valence-corrected chi connectivity index (χ3v) is 4.05. The summed E-state index contributed by atoms with van der Waals surface area (Å²) < 4.78 is 0. The van der Waals surface area contributed by atoms with Gasteiger partial charge < -0.3 is 11.1 Å². The Kier molecular flexibility index (Phi) is 7.15. The van der Waals surface area contributed by atoms with Crippen LogP contribution in [-0.2, 0) is 4.79 Å². The number of nitrogens with one attached hydrogen (secondary N) is 1. The largest absolute Gasteiger partial charge is 0.350 e. The number of hydrogen-bond acceptors (Lipinski definition) is 3. The van der Waals surface area contributed by atoms with Crippen LogP contribution in [0.25, 0.3) is 0 Å². The second-order valence-corrected chi connectivity index (χ2v) is 5.64. The lowest BCUT2D eigenvalue weighted by Crippen LogP contribution is -2.47. The molecule has 1 amide bonds. The van der Waals surface area contributed by atoms with E-state index in [1.54, 1.807) is 0 Å². The minimum Gasteiger partial charge on any atom is -0.350 e. The van der Waals surface area contributed by atoms with Gasteiger partial charge in [-0.1, -0.05) is 43.7 Å². The molecule has 3 N–H and O–H groups in total. The number of nitrogens with two attached hydrogens (primary N) is 1. The Hall–Kier alpha value is -1.10. The van der Waals surface area contributed by atoms with Gasteiger partial charge in [0.1, 0.15) is 0 Å². The second-order valence-electron chi connectivity index (χ2n) is 5.64. The number of carbonyl (C=O) groups is 1. The van der Waals surface area contributed by atoms with Crippen molar-refractivity contribution in [1.82, 2.24) is 10.2 Å². The summed E-state index contributed by atoms with van der Waals surface area (Å²) in [5, 5.41) is 3.14. The highest BCUT2D eigenvalue weighted by molar-refractivity contribution is 5.85. The summed E-state index contributed by atoms with van der Waals surface area (Å²) in [4.78, 5) is 14.4. The van der Waals surface area contributed by atoms with Gasteiger partial charge in [0.05, 0.1) is 12.1 Å². The average molecular weight is 312 g/mol. The van der Waals surface area contributed by atoms with Crippen LogP contribution in [0.5, 0.6) is 0 Å². The van der Waals surface area contributed by atoms with Gasteiger partial charge in [-0.25, -0.2) is 0 Å². The zero-order valence-corrected chi connectivity index (χ0v) is 13.6. The number of carbonyl (C=O) groups excluding carboxylic acids is 1. The highest BCUT2D eigenvalue weighted by Crippen LogP contribution is 2.30. The number of amides is 1. The molecule has 0 aromatic heterocycles. The molecule has 1 saturated heterocycles. The van der Waals surface area contributed by atoms with E-state index < -0.39 is 0 Å². The van der Waals surface area contributed by atoms with Crippen molar-refractivity contribution in [1.29, 1.82) is 0 Å².